The van der Waals surface area contributed by atoms with Crippen LogP contribution in [-0.2, 0) is 11.2 Å². The van der Waals surface area contributed by atoms with Gasteiger partial charge in [-0.05, 0) is 56.0 Å². The zero-order valence-corrected chi connectivity index (χ0v) is 20.5. The molecule has 0 bridgehead atoms. The second-order valence-electron chi connectivity index (χ2n) is 9.91. The molecule has 2 aliphatic heterocycles. The van der Waals surface area contributed by atoms with Crippen LogP contribution >= 0.6 is 0 Å². The number of rotatable bonds is 7. The highest BCUT2D eigenvalue weighted by Crippen LogP contribution is 2.49. The molecule has 7 nitrogen and oxygen atoms in total. The van der Waals surface area contributed by atoms with Gasteiger partial charge in [-0.15, -0.1) is 0 Å². The first-order valence-electron chi connectivity index (χ1n) is 12.4. The number of amides is 3. The highest BCUT2D eigenvalue weighted by atomic mass is 16.5. The lowest BCUT2D eigenvalue weighted by Gasteiger charge is -2.43. The number of aromatic nitrogens is 1. The maximum Gasteiger partial charge on any atom is 0.328 e. The molecule has 3 heterocycles. The minimum absolute atomic E-state index is 0.116. The van der Waals surface area contributed by atoms with Crippen molar-refractivity contribution in [3.8, 4) is 5.75 Å². The molecule has 2 atom stereocenters. The predicted molar refractivity (Wildman–Crippen MR) is 133 cm³/mol. The van der Waals surface area contributed by atoms with Crippen LogP contribution in [0, 0.1) is 0 Å². The van der Waals surface area contributed by atoms with Crippen LogP contribution in [0.5, 0.6) is 5.75 Å². The van der Waals surface area contributed by atoms with Crippen molar-refractivity contribution >= 4 is 22.8 Å². The number of hydrogen-bond donors (Lipinski definition) is 2. The third-order valence-corrected chi connectivity index (χ3v) is 7.18. The van der Waals surface area contributed by atoms with Crippen LogP contribution in [0.3, 0.4) is 0 Å². The number of aromatic amines is 1. The van der Waals surface area contributed by atoms with Crippen LogP contribution < -0.4 is 10.1 Å². The van der Waals surface area contributed by atoms with Crippen LogP contribution in [0.25, 0.3) is 10.9 Å². The number of imide groups is 1. The van der Waals surface area contributed by atoms with Gasteiger partial charge < -0.3 is 15.0 Å². The summed E-state index contributed by atoms with van der Waals surface area (Å²) in [6.45, 7) is 9.56. The monoisotopic (exact) mass is 462 g/mol. The standard InChI is InChI=1S/C27H34N4O3/c1-5-34-19-11-12-22-20(15-19)21-16-27(4)25(32)30(14-13-28-17(2)3)26(33)31(27)24(23(21)29-22)18-9-7-6-8-10-18/h7,9-12,15,17,24,28-29H,5-6,8,13-14,16H2,1-4H3/t24-,27+/m1/s1. The molecular formula is C27H34N4O3. The van der Waals surface area contributed by atoms with Crippen LogP contribution in [0.2, 0.25) is 0 Å². The molecule has 3 aliphatic rings. The summed E-state index contributed by atoms with van der Waals surface area (Å²) in [7, 11) is 0. The van der Waals surface area contributed by atoms with Crippen LogP contribution in [0.15, 0.2) is 42.0 Å². The van der Waals surface area contributed by atoms with Gasteiger partial charge in [0.05, 0.1) is 12.6 Å². The molecule has 0 radical (unpaired) electrons. The minimum atomic E-state index is -0.935. The van der Waals surface area contributed by atoms with Gasteiger partial charge >= 0.3 is 6.03 Å². The highest BCUT2D eigenvalue weighted by molar-refractivity contribution is 6.08. The van der Waals surface area contributed by atoms with E-state index in [2.05, 4.69) is 48.4 Å². The Morgan fingerprint density at radius 2 is 2.09 bits per heavy atom. The highest BCUT2D eigenvalue weighted by Gasteiger charge is 2.60. The molecule has 2 aromatic rings. The second kappa shape index (κ2) is 8.62. The quantitative estimate of drug-likeness (QED) is 0.596. The molecular weight excluding hydrogens is 428 g/mol. The Balaban J connectivity index is 1.62. The van der Waals surface area contributed by atoms with E-state index >= 15 is 0 Å². The van der Waals surface area contributed by atoms with E-state index in [9.17, 15) is 9.59 Å². The summed E-state index contributed by atoms with van der Waals surface area (Å²) in [6, 6.07) is 5.81. The summed E-state index contributed by atoms with van der Waals surface area (Å²) in [5.74, 6) is 0.697. The molecule has 1 saturated heterocycles. The average Bonchev–Trinajstić information content (AvgIpc) is 3.26. The molecule has 7 heteroatoms. The number of nitrogens with zero attached hydrogens (tertiary/aromatic N) is 2. The number of ether oxygens (including phenoxy) is 1. The molecule has 5 rings (SSSR count). The van der Waals surface area contributed by atoms with Gasteiger partial charge in [0, 0.05) is 42.1 Å². The fourth-order valence-electron chi connectivity index (χ4n) is 5.59. The van der Waals surface area contributed by atoms with Gasteiger partial charge in [0.1, 0.15) is 11.3 Å². The molecule has 0 spiro atoms. The van der Waals surface area contributed by atoms with E-state index in [1.54, 1.807) is 0 Å². The van der Waals surface area contributed by atoms with Crippen molar-refractivity contribution in [2.75, 3.05) is 19.7 Å². The molecule has 0 saturated carbocycles. The van der Waals surface area contributed by atoms with Crippen molar-refractivity contribution in [1.29, 1.82) is 0 Å². The van der Waals surface area contributed by atoms with Gasteiger partial charge in [-0.2, -0.15) is 0 Å². The second-order valence-corrected chi connectivity index (χ2v) is 9.91. The van der Waals surface area contributed by atoms with E-state index in [0.717, 1.165) is 46.3 Å². The van der Waals surface area contributed by atoms with E-state index in [-0.39, 0.29) is 18.0 Å². The van der Waals surface area contributed by atoms with Gasteiger partial charge in [0.2, 0.25) is 0 Å². The first kappa shape index (κ1) is 22.7. The van der Waals surface area contributed by atoms with Crippen molar-refractivity contribution < 1.29 is 14.3 Å². The molecule has 2 N–H and O–H groups in total. The fraction of sp³-hybridized carbons (Fsp3) is 0.481. The van der Waals surface area contributed by atoms with Crippen LogP contribution in [0.1, 0.15) is 57.8 Å². The van der Waals surface area contributed by atoms with Crippen molar-refractivity contribution in [2.24, 2.45) is 0 Å². The number of nitrogens with one attached hydrogen (secondary N) is 2. The van der Waals surface area contributed by atoms with E-state index in [0.29, 0.717) is 32.2 Å². The van der Waals surface area contributed by atoms with Crippen molar-refractivity contribution in [2.45, 2.75) is 64.6 Å². The summed E-state index contributed by atoms with van der Waals surface area (Å²) in [5.41, 5.74) is 3.24. The Morgan fingerprint density at radius 3 is 2.79 bits per heavy atom. The number of carbonyl (C=O) groups is 2. The van der Waals surface area contributed by atoms with Gasteiger partial charge in [0.25, 0.3) is 5.91 Å². The molecule has 34 heavy (non-hydrogen) atoms. The first-order valence-corrected chi connectivity index (χ1v) is 12.4. The molecule has 1 fully saturated rings. The molecule has 0 unspecified atom stereocenters. The van der Waals surface area contributed by atoms with Crippen LogP contribution in [-0.4, -0.2) is 58.0 Å². The van der Waals surface area contributed by atoms with Crippen molar-refractivity contribution in [3.63, 3.8) is 0 Å². The maximum atomic E-state index is 13.8. The number of fused-ring (bicyclic) bond motifs is 4. The number of H-pyrrole nitrogens is 1. The maximum absolute atomic E-state index is 13.8. The Kier molecular flexibility index (Phi) is 5.76. The fourth-order valence-corrected chi connectivity index (χ4v) is 5.59. The van der Waals surface area contributed by atoms with Gasteiger partial charge in [-0.1, -0.05) is 32.1 Å². The number of hydrogen-bond acceptors (Lipinski definition) is 4. The van der Waals surface area contributed by atoms with Gasteiger partial charge in [-0.3, -0.25) is 14.6 Å². The lowest BCUT2D eigenvalue weighted by atomic mass is 9.80. The summed E-state index contributed by atoms with van der Waals surface area (Å²) in [5, 5.41) is 4.39. The molecule has 1 aromatic carbocycles. The number of allylic oxidation sites excluding steroid dienone is 2. The zero-order chi connectivity index (χ0) is 24.0. The predicted octanol–water partition coefficient (Wildman–Crippen LogP) is 4.46. The lowest BCUT2D eigenvalue weighted by molar-refractivity contribution is -0.133. The molecule has 1 aromatic heterocycles. The van der Waals surface area contributed by atoms with Gasteiger partial charge in [-0.25, -0.2) is 4.79 Å². The van der Waals surface area contributed by atoms with E-state index < -0.39 is 5.54 Å². The van der Waals surface area contributed by atoms with Gasteiger partial charge in [0.15, 0.2) is 0 Å². The topological polar surface area (TPSA) is 77.7 Å². The minimum Gasteiger partial charge on any atom is -0.494 e. The number of carbonyl (C=O) groups excluding carboxylic acids is 2. The SMILES string of the molecule is CCOc1ccc2[nH]c3c(c2c1)C[C@@]1(C)C(=O)N(CCNC(C)C)C(=O)N1[C@@H]3C1=CCCC=C1. The average molecular weight is 463 g/mol. The Hall–Kier alpha value is -3.06. The number of urea groups is 1. The van der Waals surface area contributed by atoms with E-state index in [1.165, 1.54) is 4.90 Å². The summed E-state index contributed by atoms with van der Waals surface area (Å²) in [4.78, 5) is 34.4. The van der Waals surface area contributed by atoms with Crippen molar-refractivity contribution in [1.82, 2.24) is 20.1 Å². The molecule has 180 valence electrons. The molecule has 1 aliphatic carbocycles. The zero-order valence-electron chi connectivity index (χ0n) is 20.5. The Labute approximate surface area is 200 Å². The Bertz CT molecular complexity index is 1190. The first-order chi connectivity index (χ1) is 16.3. The summed E-state index contributed by atoms with van der Waals surface area (Å²) in [6.07, 6.45) is 8.87. The summed E-state index contributed by atoms with van der Waals surface area (Å²) >= 11 is 0. The number of benzene rings is 1. The van der Waals surface area contributed by atoms with E-state index in [1.807, 2.05) is 30.9 Å². The Morgan fingerprint density at radius 1 is 1.26 bits per heavy atom. The lowest BCUT2D eigenvalue weighted by Crippen LogP contribution is -2.53. The third kappa shape index (κ3) is 3.54. The summed E-state index contributed by atoms with van der Waals surface area (Å²) < 4.78 is 5.77. The van der Waals surface area contributed by atoms with Crippen LogP contribution in [0.4, 0.5) is 4.79 Å². The van der Waals surface area contributed by atoms with E-state index in [4.69, 9.17) is 4.74 Å². The largest absolute Gasteiger partial charge is 0.494 e. The third-order valence-electron chi connectivity index (χ3n) is 7.18. The smallest absolute Gasteiger partial charge is 0.328 e. The normalized spacial score (nSPS) is 24.1. The molecule has 3 amide bonds. The van der Waals surface area contributed by atoms with Crippen molar-refractivity contribution in [3.05, 3.63) is 53.3 Å².